The number of carbonyl (C=O) groups excluding carboxylic acids is 2. The van der Waals surface area contributed by atoms with Crippen molar-refractivity contribution in [2.75, 3.05) is 37.6 Å². The van der Waals surface area contributed by atoms with E-state index in [1.165, 1.54) is 16.0 Å². The van der Waals surface area contributed by atoms with Crippen molar-refractivity contribution in [3.63, 3.8) is 0 Å². The molecule has 2 atom stereocenters. The molecule has 1 aliphatic heterocycles. The number of aryl methyl sites for hydroxylation is 2. The SMILES string of the molecule is O=C(NCCc1cc(CCc2ccccc2)cs1)[C@H](O)[C@@H](O)C(=O)N1CCN(c2ccccc2Cl)CC1. The highest BCUT2D eigenvalue weighted by Gasteiger charge is 2.34. The van der Waals surface area contributed by atoms with Gasteiger partial charge < -0.3 is 25.3 Å². The van der Waals surface area contributed by atoms with Crippen LogP contribution in [0, 0.1) is 0 Å². The zero-order valence-electron chi connectivity index (χ0n) is 20.6. The minimum atomic E-state index is -1.82. The quantitative estimate of drug-likeness (QED) is 0.367. The molecule has 4 rings (SSSR count). The average Bonchev–Trinajstić information content (AvgIpc) is 3.39. The first kappa shape index (κ1) is 27.1. The van der Waals surface area contributed by atoms with Crippen LogP contribution in [0.3, 0.4) is 0 Å². The largest absolute Gasteiger partial charge is 0.380 e. The molecule has 0 saturated carbocycles. The van der Waals surface area contributed by atoms with Gasteiger partial charge in [-0.3, -0.25) is 9.59 Å². The van der Waals surface area contributed by atoms with Crippen molar-refractivity contribution in [3.8, 4) is 0 Å². The van der Waals surface area contributed by atoms with E-state index < -0.39 is 24.0 Å². The van der Waals surface area contributed by atoms with Gasteiger partial charge in [-0.15, -0.1) is 11.3 Å². The average molecular weight is 542 g/mol. The number of aliphatic hydroxyl groups is 2. The van der Waals surface area contributed by atoms with Gasteiger partial charge >= 0.3 is 0 Å². The minimum absolute atomic E-state index is 0.311. The number of amides is 2. The third-order valence-corrected chi connectivity index (χ3v) is 7.89. The molecular weight excluding hydrogens is 510 g/mol. The molecule has 3 N–H and O–H groups in total. The van der Waals surface area contributed by atoms with Gasteiger partial charge in [0.1, 0.15) is 0 Å². The van der Waals surface area contributed by atoms with Crippen LogP contribution in [-0.4, -0.2) is 71.9 Å². The highest BCUT2D eigenvalue weighted by atomic mass is 35.5. The van der Waals surface area contributed by atoms with Crippen LogP contribution in [0.2, 0.25) is 5.02 Å². The lowest BCUT2D eigenvalue weighted by atomic mass is 10.1. The summed E-state index contributed by atoms with van der Waals surface area (Å²) < 4.78 is 0. The van der Waals surface area contributed by atoms with Crippen LogP contribution in [0.25, 0.3) is 0 Å². The van der Waals surface area contributed by atoms with Crippen molar-refractivity contribution in [1.29, 1.82) is 0 Å². The fourth-order valence-corrected chi connectivity index (χ4v) is 5.56. The molecule has 1 saturated heterocycles. The van der Waals surface area contributed by atoms with Crippen LogP contribution in [0.15, 0.2) is 66.0 Å². The van der Waals surface area contributed by atoms with Gasteiger partial charge in [-0.05, 0) is 54.0 Å². The first-order chi connectivity index (χ1) is 17.9. The number of rotatable bonds is 10. The first-order valence-corrected chi connectivity index (χ1v) is 13.7. The summed E-state index contributed by atoms with van der Waals surface area (Å²) in [5.41, 5.74) is 3.45. The standard InChI is InChI=1S/C28H32ClN3O4S/c29-23-8-4-5-9-24(23)31-14-16-32(17-15-31)28(36)26(34)25(33)27(35)30-13-12-22-18-21(19-37-22)11-10-20-6-2-1-3-7-20/h1-9,18-19,25-26,33-34H,10-17H2,(H,30,35)/t25-,26-/m1/s1. The Morgan fingerprint density at radius 3 is 2.30 bits per heavy atom. The number of benzene rings is 2. The van der Waals surface area contributed by atoms with Crippen molar-refractivity contribution in [1.82, 2.24) is 10.2 Å². The number of piperazine rings is 1. The summed E-state index contributed by atoms with van der Waals surface area (Å²) in [6.45, 7) is 2.12. The van der Waals surface area contributed by atoms with Crippen LogP contribution in [0.4, 0.5) is 5.69 Å². The summed E-state index contributed by atoms with van der Waals surface area (Å²) in [5.74, 6) is -1.40. The number of hydrogen-bond acceptors (Lipinski definition) is 6. The first-order valence-electron chi connectivity index (χ1n) is 12.4. The maximum absolute atomic E-state index is 12.7. The van der Waals surface area contributed by atoms with Crippen molar-refractivity contribution < 1.29 is 19.8 Å². The maximum Gasteiger partial charge on any atom is 0.254 e. The Kier molecular flexibility index (Phi) is 9.57. The normalized spacial score (nSPS) is 15.3. The summed E-state index contributed by atoms with van der Waals surface area (Å²) in [5, 5.41) is 26.1. The van der Waals surface area contributed by atoms with E-state index in [4.69, 9.17) is 11.6 Å². The lowest BCUT2D eigenvalue weighted by Gasteiger charge is -2.37. The number of nitrogens with zero attached hydrogens (tertiary/aromatic N) is 2. The van der Waals surface area contributed by atoms with Gasteiger partial charge in [0.15, 0.2) is 12.2 Å². The van der Waals surface area contributed by atoms with Crippen LogP contribution in [-0.2, 0) is 28.9 Å². The fraction of sp³-hybridized carbons (Fsp3) is 0.357. The maximum atomic E-state index is 12.7. The second-order valence-electron chi connectivity index (χ2n) is 9.10. The van der Waals surface area contributed by atoms with Gasteiger partial charge in [0.05, 0.1) is 10.7 Å². The van der Waals surface area contributed by atoms with E-state index in [0.29, 0.717) is 44.2 Å². The van der Waals surface area contributed by atoms with E-state index in [9.17, 15) is 19.8 Å². The number of thiophene rings is 1. The van der Waals surface area contributed by atoms with Gasteiger partial charge in [0, 0.05) is 37.6 Å². The smallest absolute Gasteiger partial charge is 0.254 e. The van der Waals surface area contributed by atoms with Crippen molar-refractivity contribution in [2.24, 2.45) is 0 Å². The molecule has 2 heterocycles. The number of carbonyl (C=O) groups is 2. The summed E-state index contributed by atoms with van der Waals surface area (Å²) in [4.78, 5) is 29.8. The Morgan fingerprint density at radius 2 is 1.57 bits per heavy atom. The zero-order valence-corrected chi connectivity index (χ0v) is 22.1. The lowest BCUT2D eigenvalue weighted by Crippen LogP contribution is -2.55. The van der Waals surface area contributed by atoms with E-state index in [0.717, 1.165) is 23.4 Å². The molecule has 1 fully saturated rings. The highest BCUT2D eigenvalue weighted by Crippen LogP contribution is 2.26. The topological polar surface area (TPSA) is 93.1 Å². The Labute approximate surface area is 226 Å². The summed E-state index contributed by atoms with van der Waals surface area (Å²) in [7, 11) is 0. The number of para-hydroxylation sites is 1. The summed E-state index contributed by atoms with van der Waals surface area (Å²) in [6, 6.07) is 20.0. The molecule has 0 spiro atoms. The van der Waals surface area contributed by atoms with Gasteiger partial charge in [0.25, 0.3) is 11.8 Å². The third kappa shape index (κ3) is 7.32. The minimum Gasteiger partial charge on any atom is -0.380 e. The monoisotopic (exact) mass is 541 g/mol. The van der Waals surface area contributed by atoms with Crippen molar-refractivity contribution in [2.45, 2.75) is 31.5 Å². The molecule has 0 aliphatic carbocycles. The van der Waals surface area contributed by atoms with Gasteiger partial charge in [-0.2, -0.15) is 0 Å². The van der Waals surface area contributed by atoms with Crippen LogP contribution in [0.1, 0.15) is 16.0 Å². The number of anilines is 1. The van der Waals surface area contributed by atoms with E-state index in [1.807, 2.05) is 42.5 Å². The fourth-order valence-electron chi connectivity index (χ4n) is 4.38. The van der Waals surface area contributed by atoms with Crippen LogP contribution in [0.5, 0.6) is 0 Å². The van der Waals surface area contributed by atoms with E-state index in [-0.39, 0.29) is 0 Å². The molecule has 0 unspecified atom stereocenters. The molecule has 37 heavy (non-hydrogen) atoms. The third-order valence-electron chi connectivity index (χ3n) is 6.53. The molecule has 9 heteroatoms. The molecule has 3 aromatic rings. The number of aliphatic hydroxyl groups excluding tert-OH is 2. The van der Waals surface area contributed by atoms with E-state index >= 15 is 0 Å². The predicted molar refractivity (Wildman–Crippen MR) is 147 cm³/mol. The molecule has 1 aromatic heterocycles. The molecule has 0 radical (unpaired) electrons. The number of halogens is 1. The molecule has 196 valence electrons. The number of nitrogens with one attached hydrogen (secondary N) is 1. The van der Waals surface area contributed by atoms with Gasteiger partial charge in [-0.1, -0.05) is 54.1 Å². The Balaban J connectivity index is 1.18. The van der Waals surface area contributed by atoms with Crippen LogP contribution >= 0.6 is 22.9 Å². The molecule has 0 bridgehead atoms. The lowest BCUT2D eigenvalue weighted by molar-refractivity contribution is -0.153. The molecule has 7 nitrogen and oxygen atoms in total. The highest BCUT2D eigenvalue weighted by molar-refractivity contribution is 7.10. The summed E-state index contributed by atoms with van der Waals surface area (Å²) >= 11 is 7.90. The molecule has 1 aliphatic rings. The van der Waals surface area contributed by atoms with Crippen molar-refractivity contribution >= 4 is 40.4 Å². The van der Waals surface area contributed by atoms with E-state index in [2.05, 4.69) is 33.8 Å². The Hall–Kier alpha value is -2.91. The molecular formula is C28H32ClN3O4S. The zero-order chi connectivity index (χ0) is 26.2. The summed E-state index contributed by atoms with van der Waals surface area (Å²) in [6.07, 6.45) is -1.09. The van der Waals surface area contributed by atoms with E-state index in [1.54, 1.807) is 11.3 Å². The predicted octanol–water partition coefficient (Wildman–Crippen LogP) is 2.92. The Morgan fingerprint density at radius 1 is 0.892 bits per heavy atom. The van der Waals surface area contributed by atoms with Crippen molar-refractivity contribution in [3.05, 3.63) is 87.1 Å². The second-order valence-corrected chi connectivity index (χ2v) is 10.5. The van der Waals surface area contributed by atoms with Gasteiger partial charge in [-0.25, -0.2) is 0 Å². The Bertz CT molecular complexity index is 1180. The second kappa shape index (κ2) is 13.1. The van der Waals surface area contributed by atoms with Crippen LogP contribution < -0.4 is 10.2 Å². The molecule has 2 aromatic carbocycles. The number of hydrogen-bond donors (Lipinski definition) is 3. The molecule has 2 amide bonds. The van der Waals surface area contributed by atoms with Gasteiger partial charge in [0.2, 0.25) is 0 Å².